The van der Waals surface area contributed by atoms with Crippen molar-refractivity contribution in [2.75, 3.05) is 6.61 Å². The molecule has 46 heavy (non-hydrogen) atoms. The third kappa shape index (κ3) is 7.52. The first-order chi connectivity index (χ1) is 21.5. The molecule has 4 aromatic rings. The van der Waals surface area contributed by atoms with Crippen LogP contribution in [0.5, 0.6) is 11.5 Å². The Hall–Kier alpha value is -4.80. The molecule has 0 aliphatic rings. The molecule has 2 nitrogen and oxygen atoms in total. The molecule has 0 aromatic heterocycles. The van der Waals surface area contributed by atoms with Crippen LogP contribution in [0.25, 0.3) is 11.1 Å². The third-order valence-electron chi connectivity index (χ3n) is 6.27. The van der Waals surface area contributed by atoms with E-state index in [0.717, 1.165) is 12.5 Å². The van der Waals surface area contributed by atoms with E-state index in [1.807, 2.05) is 18.8 Å². The molecule has 4 aromatic carbocycles. The third-order valence-corrected chi connectivity index (χ3v) is 6.27. The fourth-order valence-electron chi connectivity index (χ4n) is 4.13. The lowest BCUT2D eigenvalue weighted by atomic mass is 10.0. The summed E-state index contributed by atoms with van der Waals surface area (Å²) in [6, 6.07) is 4.11. The minimum Gasteiger partial charge on any atom is -0.493 e. The van der Waals surface area contributed by atoms with Crippen molar-refractivity contribution in [3.63, 3.8) is 0 Å². The molecule has 4 rings (SSSR count). The van der Waals surface area contributed by atoms with Gasteiger partial charge in [-0.1, -0.05) is 25.2 Å². The lowest BCUT2D eigenvalue weighted by molar-refractivity contribution is -0.187. The molecule has 14 heteroatoms. The lowest BCUT2D eigenvalue weighted by Gasteiger charge is -2.20. The van der Waals surface area contributed by atoms with E-state index in [4.69, 9.17) is 4.74 Å². The summed E-state index contributed by atoms with van der Waals surface area (Å²) < 4.78 is 179. The van der Waals surface area contributed by atoms with Crippen molar-refractivity contribution >= 4 is 0 Å². The van der Waals surface area contributed by atoms with Crippen molar-refractivity contribution in [3.8, 4) is 34.5 Å². The molecule has 0 spiro atoms. The maximum absolute atomic E-state index is 14.9. The average Bonchev–Trinajstić information content (AvgIpc) is 2.91. The largest absolute Gasteiger partial charge is 0.493 e. The van der Waals surface area contributed by atoms with E-state index in [-0.39, 0.29) is 36.6 Å². The van der Waals surface area contributed by atoms with Gasteiger partial charge in [0.05, 0.1) is 17.7 Å². The van der Waals surface area contributed by atoms with Crippen LogP contribution in [0.3, 0.4) is 0 Å². The van der Waals surface area contributed by atoms with Gasteiger partial charge in [0.25, 0.3) is 0 Å². The highest BCUT2D eigenvalue weighted by Gasteiger charge is 2.39. The van der Waals surface area contributed by atoms with E-state index in [2.05, 4.69) is 4.74 Å². The molecule has 0 unspecified atom stereocenters. The summed E-state index contributed by atoms with van der Waals surface area (Å²) in [5, 5.41) is 0. The van der Waals surface area contributed by atoms with Gasteiger partial charge < -0.3 is 9.47 Å². The van der Waals surface area contributed by atoms with Crippen molar-refractivity contribution in [1.82, 2.24) is 0 Å². The number of hydrogen-bond acceptors (Lipinski definition) is 2. The van der Waals surface area contributed by atoms with Crippen molar-refractivity contribution < 1.29 is 62.2 Å². The summed E-state index contributed by atoms with van der Waals surface area (Å²) in [5.41, 5.74) is -7.12. The molecule has 0 heterocycles. The Bertz CT molecular complexity index is 1770. The molecule has 0 saturated carbocycles. The number of benzene rings is 4. The summed E-state index contributed by atoms with van der Waals surface area (Å²) in [6.45, 7) is 2.08. The first-order valence-electron chi connectivity index (χ1n) is 13.1. The highest BCUT2D eigenvalue weighted by atomic mass is 19.4. The summed E-state index contributed by atoms with van der Waals surface area (Å²) in [4.78, 5) is 0. The molecule has 0 saturated heterocycles. The minimum absolute atomic E-state index is 0.0363. The zero-order valence-electron chi connectivity index (χ0n) is 23.2. The van der Waals surface area contributed by atoms with Gasteiger partial charge in [-0.05, 0) is 48.4 Å². The standard InChI is InChI=1S/C32H18F12O2/c1-2-3-8-45-18-5-7-21(24(35)13-18)32(43,44)46-19-14-25(36)29(26(37)15-19)17-11-22(33)20(23(34)12-17)6-4-16-9-27(38)30(28(39)10-16)31(40,41)42/h5,7,9-15H,2-3,8H2,1H3. The topological polar surface area (TPSA) is 18.5 Å². The Morgan fingerprint density at radius 3 is 1.72 bits per heavy atom. The lowest BCUT2D eigenvalue weighted by Crippen LogP contribution is -2.23. The normalized spacial score (nSPS) is 11.7. The van der Waals surface area contributed by atoms with Crippen LogP contribution in [-0.2, 0) is 12.3 Å². The van der Waals surface area contributed by atoms with Crippen LogP contribution in [0.4, 0.5) is 52.7 Å². The highest BCUT2D eigenvalue weighted by Crippen LogP contribution is 2.38. The molecule has 0 atom stereocenters. The van der Waals surface area contributed by atoms with Crippen LogP contribution in [-0.4, -0.2) is 6.61 Å². The average molecular weight is 662 g/mol. The minimum atomic E-state index is -5.36. The second kappa shape index (κ2) is 13.3. The van der Waals surface area contributed by atoms with Gasteiger partial charge in [-0.15, -0.1) is 0 Å². The van der Waals surface area contributed by atoms with Crippen molar-refractivity contribution in [1.29, 1.82) is 0 Å². The van der Waals surface area contributed by atoms with Gasteiger partial charge in [-0.25, -0.2) is 30.7 Å². The second-order valence-corrected chi connectivity index (χ2v) is 9.60. The van der Waals surface area contributed by atoms with E-state index in [0.29, 0.717) is 30.7 Å². The van der Waals surface area contributed by atoms with Crippen LogP contribution >= 0.6 is 0 Å². The molecular weight excluding hydrogens is 644 g/mol. The molecule has 0 fully saturated rings. The van der Waals surface area contributed by atoms with E-state index in [9.17, 15) is 52.7 Å². The van der Waals surface area contributed by atoms with E-state index >= 15 is 0 Å². The van der Waals surface area contributed by atoms with Crippen LogP contribution in [0.15, 0.2) is 54.6 Å². The number of alkyl halides is 5. The molecule has 0 aliphatic carbocycles. The maximum Gasteiger partial charge on any atom is 0.429 e. The van der Waals surface area contributed by atoms with Gasteiger partial charge in [0.1, 0.15) is 63.3 Å². The molecule has 0 N–H and O–H groups in total. The number of hydrogen-bond donors (Lipinski definition) is 0. The molecule has 0 aliphatic heterocycles. The Balaban J connectivity index is 1.59. The second-order valence-electron chi connectivity index (χ2n) is 9.60. The van der Waals surface area contributed by atoms with Gasteiger partial charge >= 0.3 is 12.3 Å². The van der Waals surface area contributed by atoms with Crippen LogP contribution < -0.4 is 9.47 Å². The number of unbranched alkanes of at least 4 members (excludes halogenated alkanes) is 1. The Morgan fingerprint density at radius 2 is 1.20 bits per heavy atom. The number of rotatable bonds is 8. The van der Waals surface area contributed by atoms with Crippen LogP contribution in [0.1, 0.15) is 42.0 Å². The SMILES string of the molecule is CCCCOc1ccc(C(F)(F)Oc2cc(F)c(-c3cc(F)c(C#Cc4cc(F)c(C(F)(F)F)c(F)c4)c(F)c3)c(F)c2)c(F)c1. The zero-order valence-corrected chi connectivity index (χ0v) is 23.2. The highest BCUT2D eigenvalue weighted by molar-refractivity contribution is 5.67. The van der Waals surface area contributed by atoms with Gasteiger partial charge in [0.15, 0.2) is 0 Å². The fourth-order valence-corrected chi connectivity index (χ4v) is 4.13. The Kier molecular flexibility index (Phi) is 9.84. The smallest absolute Gasteiger partial charge is 0.429 e. The molecule has 0 bridgehead atoms. The van der Waals surface area contributed by atoms with Crippen LogP contribution in [0.2, 0.25) is 0 Å². The first kappa shape index (κ1) is 34.1. The Labute approximate surface area is 253 Å². The number of halogens is 12. The molecule has 242 valence electrons. The summed E-state index contributed by atoms with van der Waals surface area (Å²) in [7, 11) is 0. The van der Waals surface area contributed by atoms with Crippen molar-refractivity contribution in [2.45, 2.75) is 32.1 Å². The molecule has 0 amide bonds. The van der Waals surface area contributed by atoms with E-state index in [1.54, 1.807) is 0 Å². The first-order valence-corrected chi connectivity index (χ1v) is 13.1. The van der Waals surface area contributed by atoms with Crippen molar-refractivity contribution in [2.24, 2.45) is 0 Å². The Morgan fingerprint density at radius 1 is 0.630 bits per heavy atom. The fraction of sp³-hybridized carbons (Fsp3) is 0.188. The predicted octanol–water partition coefficient (Wildman–Crippen LogP) is 10.1. The molecule has 0 radical (unpaired) electrons. The van der Waals surface area contributed by atoms with Gasteiger partial charge in [-0.3, -0.25) is 0 Å². The van der Waals surface area contributed by atoms with Gasteiger partial charge in [-0.2, -0.15) is 22.0 Å². The number of ether oxygens (including phenoxy) is 2. The molecular formula is C32H18F12O2. The van der Waals surface area contributed by atoms with E-state index < -0.39 is 92.1 Å². The van der Waals surface area contributed by atoms with Crippen LogP contribution in [0, 0.1) is 52.6 Å². The summed E-state index contributed by atoms with van der Waals surface area (Å²) in [5.74, 6) is -9.19. The predicted molar refractivity (Wildman–Crippen MR) is 140 cm³/mol. The van der Waals surface area contributed by atoms with E-state index in [1.165, 1.54) is 0 Å². The van der Waals surface area contributed by atoms with Gasteiger partial charge in [0, 0.05) is 23.8 Å². The maximum atomic E-state index is 14.9. The summed E-state index contributed by atoms with van der Waals surface area (Å²) in [6.07, 6.45) is -8.39. The summed E-state index contributed by atoms with van der Waals surface area (Å²) >= 11 is 0. The van der Waals surface area contributed by atoms with Gasteiger partial charge in [0.2, 0.25) is 0 Å². The monoisotopic (exact) mass is 662 g/mol. The zero-order chi connectivity index (χ0) is 34.0. The van der Waals surface area contributed by atoms with Crippen molar-refractivity contribution in [3.05, 3.63) is 118 Å². The quantitative estimate of drug-likeness (QED) is 0.106.